The molecule has 0 bridgehead atoms. The number of fused-ring (bicyclic) bond motifs is 3. The molecule has 42 heavy (non-hydrogen) atoms. The summed E-state index contributed by atoms with van der Waals surface area (Å²) in [4.78, 5) is 41.4. The van der Waals surface area contributed by atoms with E-state index in [0.29, 0.717) is 39.6 Å². The molecule has 1 aliphatic carbocycles. The topological polar surface area (TPSA) is 146 Å². The van der Waals surface area contributed by atoms with Crippen LogP contribution in [0.2, 0.25) is 0 Å². The highest BCUT2D eigenvalue weighted by Gasteiger charge is 2.42. The molecule has 1 fully saturated rings. The quantitative estimate of drug-likeness (QED) is 0.332. The van der Waals surface area contributed by atoms with Gasteiger partial charge in [0.1, 0.15) is 23.2 Å². The van der Waals surface area contributed by atoms with Crippen LogP contribution in [0.15, 0.2) is 76.5 Å². The second kappa shape index (κ2) is 11.3. The molecular weight excluding hydrogens is 538 g/mol. The van der Waals surface area contributed by atoms with Gasteiger partial charge in [0, 0.05) is 49.1 Å². The number of ketones is 1. The van der Waals surface area contributed by atoms with Crippen LogP contribution in [0.25, 0.3) is 5.70 Å². The molecule has 0 spiro atoms. The predicted molar refractivity (Wildman–Crippen MR) is 156 cm³/mol. The van der Waals surface area contributed by atoms with Crippen LogP contribution in [-0.2, 0) is 0 Å². The van der Waals surface area contributed by atoms with Gasteiger partial charge in [-0.2, -0.15) is 10.2 Å². The van der Waals surface area contributed by atoms with Crippen molar-refractivity contribution in [2.75, 3.05) is 50.6 Å². The summed E-state index contributed by atoms with van der Waals surface area (Å²) >= 11 is 0. The maximum atomic E-state index is 13.7. The van der Waals surface area contributed by atoms with Gasteiger partial charge in [-0.3, -0.25) is 15.0 Å². The fraction of sp³-hybridized carbons (Fsp3) is 0.233. The van der Waals surface area contributed by atoms with Crippen LogP contribution < -0.4 is 35.9 Å². The third-order valence-corrected chi connectivity index (χ3v) is 7.44. The zero-order valence-corrected chi connectivity index (χ0v) is 23.1. The normalized spacial score (nSPS) is 17.0. The number of nitrogens with one attached hydrogen (secondary N) is 4. The summed E-state index contributed by atoms with van der Waals surface area (Å²) in [6.07, 6.45) is 0. The Morgan fingerprint density at radius 1 is 0.952 bits per heavy atom. The molecule has 0 aromatic heterocycles. The first-order valence-corrected chi connectivity index (χ1v) is 13.5. The van der Waals surface area contributed by atoms with Crippen LogP contribution in [-0.4, -0.2) is 58.1 Å². The Bertz CT molecular complexity index is 1610. The van der Waals surface area contributed by atoms with E-state index in [1.165, 1.54) is 26.4 Å². The summed E-state index contributed by atoms with van der Waals surface area (Å²) in [6.45, 7) is 3.76. The first-order chi connectivity index (χ1) is 20.5. The number of Topliss-reactive ketones (excluding diaryl/α,β-unsaturated/α-hetero) is 1. The lowest BCUT2D eigenvalue weighted by atomic mass is 10.0. The standard InChI is InChI=1S/C30H29N7O5/c1-41-20-14-18(15-21(16-20)42-2)29(39)35-36-30(40)32-23-5-3-4-22-24(23)28(38)25-26(33-34-27(22)25)17-6-8-19(9-7-17)37-12-10-31-11-13-37/h3-9,14-16,27,31H,10-13H2,1-2H3,(H,35,39)(H2,32,36,40). The number of benzene rings is 3. The molecule has 1 saturated heterocycles. The average Bonchev–Trinajstić information content (AvgIpc) is 3.60. The molecule has 0 radical (unpaired) electrons. The lowest BCUT2D eigenvalue weighted by Gasteiger charge is -2.29. The van der Waals surface area contributed by atoms with E-state index in [2.05, 4.69) is 36.6 Å². The van der Waals surface area contributed by atoms with E-state index in [1.54, 1.807) is 24.3 Å². The summed E-state index contributed by atoms with van der Waals surface area (Å²) in [5.74, 6) is 0.0253. The maximum absolute atomic E-state index is 13.7. The first kappa shape index (κ1) is 27.0. The van der Waals surface area contributed by atoms with Gasteiger partial charge in [0.2, 0.25) is 0 Å². The highest BCUT2D eigenvalue weighted by Crippen LogP contribution is 2.49. The van der Waals surface area contributed by atoms with E-state index in [0.717, 1.165) is 37.4 Å². The maximum Gasteiger partial charge on any atom is 0.337 e. The van der Waals surface area contributed by atoms with E-state index in [9.17, 15) is 14.4 Å². The molecule has 1 atom stereocenters. The van der Waals surface area contributed by atoms with Crippen LogP contribution in [0.5, 0.6) is 11.5 Å². The monoisotopic (exact) mass is 567 g/mol. The highest BCUT2D eigenvalue weighted by molar-refractivity contribution is 6.22. The van der Waals surface area contributed by atoms with Gasteiger partial charge in [-0.1, -0.05) is 24.3 Å². The number of amides is 3. The number of hydrazine groups is 1. The van der Waals surface area contributed by atoms with Gasteiger partial charge in [-0.25, -0.2) is 10.2 Å². The van der Waals surface area contributed by atoms with Crippen molar-refractivity contribution in [3.8, 4) is 11.5 Å². The van der Waals surface area contributed by atoms with E-state index in [4.69, 9.17) is 9.47 Å². The predicted octanol–water partition coefficient (Wildman–Crippen LogP) is 3.69. The Balaban J connectivity index is 1.17. The zero-order chi connectivity index (χ0) is 29.2. The summed E-state index contributed by atoms with van der Waals surface area (Å²) in [5, 5.41) is 14.8. The molecule has 3 aliphatic rings. The Morgan fingerprint density at radius 2 is 1.67 bits per heavy atom. The number of hydrogen-bond acceptors (Lipinski definition) is 9. The number of ether oxygens (including phenoxy) is 2. The van der Waals surface area contributed by atoms with Crippen molar-refractivity contribution in [2.24, 2.45) is 10.2 Å². The van der Waals surface area contributed by atoms with Crippen molar-refractivity contribution in [3.05, 3.63) is 88.5 Å². The molecule has 1 unspecified atom stereocenters. The summed E-state index contributed by atoms with van der Waals surface area (Å²) < 4.78 is 10.4. The molecule has 12 heteroatoms. The Hall–Kier alpha value is -5.23. The highest BCUT2D eigenvalue weighted by atomic mass is 16.5. The molecule has 4 N–H and O–H groups in total. The lowest BCUT2D eigenvalue weighted by Crippen LogP contribution is -2.44. The van der Waals surface area contributed by atoms with Crippen molar-refractivity contribution in [3.63, 3.8) is 0 Å². The molecule has 0 saturated carbocycles. The molecular formula is C30H29N7O5. The van der Waals surface area contributed by atoms with Gasteiger partial charge in [0.25, 0.3) is 5.91 Å². The molecule has 3 aromatic rings. The van der Waals surface area contributed by atoms with Gasteiger partial charge in [-0.15, -0.1) is 0 Å². The molecule has 214 valence electrons. The lowest BCUT2D eigenvalue weighted by molar-refractivity contribution is 0.0936. The SMILES string of the molecule is COc1cc(OC)cc(C(=O)NNC(=O)Nc2cccc3c2C(=O)C2=C(c4ccc(N5CCNCC5)cc4)N=NC23)c1. The largest absolute Gasteiger partial charge is 0.497 e. The number of anilines is 2. The van der Waals surface area contributed by atoms with Gasteiger partial charge in [0.05, 0.1) is 31.0 Å². The van der Waals surface area contributed by atoms with Crippen LogP contribution in [0.3, 0.4) is 0 Å². The number of carbonyl (C=O) groups is 3. The second-order valence-corrected chi connectivity index (χ2v) is 9.90. The molecule has 6 rings (SSSR count). The molecule has 12 nitrogen and oxygen atoms in total. The van der Waals surface area contributed by atoms with E-state index >= 15 is 0 Å². The van der Waals surface area contributed by atoms with Crippen LogP contribution in [0.1, 0.15) is 37.9 Å². The minimum absolute atomic E-state index is 0.223. The summed E-state index contributed by atoms with van der Waals surface area (Å²) in [7, 11) is 2.95. The zero-order valence-electron chi connectivity index (χ0n) is 23.1. The Labute approximate surface area is 241 Å². The van der Waals surface area contributed by atoms with Gasteiger partial charge in [-0.05, 0) is 35.9 Å². The van der Waals surface area contributed by atoms with E-state index in [-0.39, 0.29) is 11.3 Å². The van der Waals surface area contributed by atoms with Crippen LogP contribution >= 0.6 is 0 Å². The van der Waals surface area contributed by atoms with Crippen molar-refractivity contribution in [1.82, 2.24) is 16.2 Å². The minimum Gasteiger partial charge on any atom is -0.497 e. The first-order valence-electron chi connectivity index (χ1n) is 13.5. The smallest absolute Gasteiger partial charge is 0.337 e. The average molecular weight is 568 g/mol. The minimum atomic E-state index is -0.726. The molecule has 3 aromatic carbocycles. The number of rotatable bonds is 6. The number of urea groups is 1. The van der Waals surface area contributed by atoms with E-state index in [1.807, 2.05) is 24.3 Å². The number of nitrogens with zero attached hydrogens (tertiary/aromatic N) is 3. The van der Waals surface area contributed by atoms with Gasteiger partial charge < -0.3 is 25.0 Å². The van der Waals surface area contributed by atoms with Crippen LogP contribution in [0.4, 0.5) is 16.2 Å². The number of carbonyl (C=O) groups excluding carboxylic acids is 3. The number of hydrogen-bond donors (Lipinski definition) is 4. The Kier molecular flexibility index (Phi) is 7.28. The number of azo groups is 1. The van der Waals surface area contributed by atoms with Crippen molar-refractivity contribution < 1.29 is 23.9 Å². The van der Waals surface area contributed by atoms with E-state index < -0.39 is 18.0 Å². The fourth-order valence-corrected chi connectivity index (χ4v) is 5.34. The second-order valence-electron chi connectivity index (χ2n) is 9.90. The van der Waals surface area contributed by atoms with Crippen molar-refractivity contribution in [1.29, 1.82) is 0 Å². The van der Waals surface area contributed by atoms with Gasteiger partial charge >= 0.3 is 6.03 Å². The third kappa shape index (κ3) is 5.03. The van der Waals surface area contributed by atoms with Crippen LogP contribution in [0, 0.1) is 0 Å². The van der Waals surface area contributed by atoms with Gasteiger partial charge in [0.15, 0.2) is 5.78 Å². The molecule has 2 heterocycles. The summed E-state index contributed by atoms with van der Waals surface area (Å²) in [5.41, 5.74) is 9.15. The summed E-state index contributed by atoms with van der Waals surface area (Å²) in [6, 6.07) is 16.6. The number of methoxy groups -OCH3 is 2. The Morgan fingerprint density at radius 3 is 2.36 bits per heavy atom. The van der Waals surface area contributed by atoms with Crippen molar-refractivity contribution in [2.45, 2.75) is 6.04 Å². The third-order valence-electron chi connectivity index (χ3n) is 7.44. The molecule has 3 amide bonds. The van der Waals surface area contributed by atoms with Crippen molar-refractivity contribution >= 4 is 34.8 Å². The molecule has 2 aliphatic heterocycles. The fourth-order valence-electron chi connectivity index (χ4n) is 5.34. The number of piperazine rings is 1.